The number of halogens is 1. The molecule has 0 saturated heterocycles. The van der Waals surface area contributed by atoms with Crippen molar-refractivity contribution in [3.8, 4) is 0 Å². The van der Waals surface area contributed by atoms with Crippen LogP contribution in [0.5, 0.6) is 0 Å². The predicted molar refractivity (Wildman–Crippen MR) is 68.5 cm³/mol. The van der Waals surface area contributed by atoms with Gasteiger partial charge < -0.3 is 10.4 Å². The van der Waals surface area contributed by atoms with E-state index in [0.717, 1.165) is 5.56 Å². The van der Waals surface area contributed by atoms with Gasteiger partial charge in [0.2, 0.25) is 0 Å². The maximum atomic E-state index is 11.0. The lowest BCUT2D eigenvalue weighted by atomic mass is 10.2. The van der Waals surface area contributed by atoms with Crippen molar-refractivity contribution in [1.29, 1.82) is 0 Å². The molecule has 0 aliphatic rings. The lowest BCUT2D eigenvalue weighted by Crippen LogP contribution is -2.06. The van der Waals surface area contributed by atoms with Crippen molar-refractivity contribution in [2.45, 2.75) is 6.92 Å². The number of hydrogen-bond donors (Lipinski definition) is 2. The van der Waals surface area contributed by atoms with Crippen LogP contribution >= 0.6 is 11.6 Å². The Balaban J connectivity index is 2.40. The monoisotopic (exact) mass is 263 g/mol. The van der Waals surface area contributed by atoms with Gasteiger partial charge in [-0.15, -0.1) is 0 Å². The number of benzene rings is 1. The molecule has 0 saturated carbocycles. The summed E-state index contributed by atoms with van der Waals surface area (Å²) in [6, 6.07) is 5.32. The number of aryl methyl sites for hydroxylation is 1. The van der Waals surface area contributed by atoms with Crippen LogP contribution in [0.25, 0.3) is 0 Å². The summed E-state index contributed by atoms with van der Waals surface area (Å²) in [6.45, 7) is 1.89. The third-order valence-electron chi connectivity index (χ3n) is 2.40. The SMILES string of the molecule is Cc1ccc(Cl)cc1Nc1ncncc1C(=O)O. The molecule has 5 nitrogen and oxygen atoms in total. The van der Waals surface area contributed by atoms with Crippen molar-refractivity contribution in [2.75, 3.05) is 5.32 Å². The second-order valence-corrected chi connectivity index (χ2v) is 4.11. The molecule has 0 spiro atoms. The van der Waals surface area contributed by atoms with E-state index in [9.17, 15) is 4.79 Å². The van der Waals surface area contributed by atoms with Crippen molar-refractivity contribution in [3.63, 3.8) is 0 Å². The molecule has 0 aliphatic carbocycles. The number of carboxylic acid groups (broad SMARTS) is 1. The quantitative estimate of drug-likeness (QED) is 0.891. The number of hydrogen-bond acceptors (Lipinski definition) is 4. The Kier molecular flexibility index (Phi) is 3.43. The van der Waals surface area contributed by atoms with E-state index in [2.05, 4.69) is 15.3 Å². The number of nitrogens with one attached hydrogen (secondary N) is 1. The van der Waals surface area contributed by atoms with E-state index in [1.165, 1.54) is 12.5 Å². The van der Waals surface area contributed by atoms with Gasteiger partial charge in [0.15, 0.2) is 0 Å². The molecule has 2 rings (SSSR count). The van der Waals surface area contributed by atoms with Gasteiger partial charge in [-0.05, 0) is 24.6 Å². The molecule has 0 atom stereocenters. The molecule has 18 heavy (non-hydrogen) atoms. The molecule has 0 radical (unpaired) electrons. The van der Waals surface area contributed by atoms with Crippen molar-refractivity contribution in [1.82, 2.24) is 9.97 Å². The van der Waals surface area contributed by atoms with Gasteiger partial charge in [-0.2, -0.15) is 0 Å². The first-order valence-electron chi connectivity index (χ1n) is 5.14. The van der Waals surface area contributed by atoms with Gasteiger partial charge in [-0.25, -0.2) is 14.8 Å². The average molecular weight is 264 g/mol. The van der Waals surface area contributed by atoms with E-state index in [1.54, 1.807) is 12.1 Å². The van der Waals surface area contributed by atoms with E-state index in [-0.39, 0.29) is 11.4 Å². The molecule has 0 unspecified atom stereocenters. The van der Waals surface area contributed by atoms with Crippen LogP contribution < -0.4 is 5.32 Å². The van der Waals surface area contributed by atoms with Gasteiger partial charge in [0.1, 0.15) is 17.7 Å². The summed E-state index contributed by atoms with van der Waals surface area (Å²) in [6.07, 6.45) is 2.53. The summed E-state index contributed by atoms with van der Waals surface area (Å²) < 4.78 is 0. The molecule has 2 aromatic rings. The highest BCUT2D eigenvalue weighted by molar-refractivity contribution is 6.30. The molecule has 1 aromatic heterocycles. The maximum absolute atomic E-state index is 11.0. The smallest absolute Gasteiger partial charge is 0.341 e. The molecule has 1 heterocycles. The first-order valence-corrected chi connectivity index (χ1v) is 5.52. The molecular formula is C12H10ClN3O2. The molecule has 0 fully saturated rings. The number of anilines is 2. The minimum atomic E-state index is -1.09. The Bertz CT molecular complexity index is 602. The van der Waals surface area contributed by atoms with Crippen LogP contribution in [0.1, 0.15) is 15.9 Å². The normalized spacial score (nSPS) is 10.1. The number of aromatic carboxylic acids is 1. The zero-order valence-corrected chi connectivity index (χ0v) is 10.3. The van der Waals surface area contributed by atoms with Crippen LogP contribution in [0, 0.1) is 6.92 Å². The first kappa shape index (κ1) is 12.3. The topological polar surface area (TPSA) is 75.1 Å². The number of carbonyl (C=O) groups is 1. The standard InChI is InChI=1S/C12H10ClN3O2/c1-7-2-3-8(13)4-10(7)16-11-9(12(17)18)5-14-6-15-11/h2-6H,1H3,(H,17,18)(H,14,15,16). The first-order chi connectivity index (χ1) is 8.58. The fourth-order valence-electron chi connectivity index (χ4n) is 1.44. The zero-order valence-electron chi connectivity index (χ0n) is 9.51. The largest absolute Gasteiger partial charge is 0.477 e. The van der Waals surface area contributed by atoms with Gasteiger partial charge in [0, 0.05) is 16.9 Å². The maximum Gasteiger partial charge on any atom is 0.341 e. The van der Waals surface area contributed by atoms with Crippen molar-refractivity contribution >= 4 is 29.1 Å². The number of nitrogens with zero attached hydrogens (tertiary/aromatic N) is 2. The van der Waals surface area contributed by atoms with Crippen LogP contribution in [0.15, 0.2) is 30.7 Å². The molecule has 6 heteroatoms. The zero-order chi connectivity index (χ0) is 13.1. The highest BCUT2D eigenvalue weighted by Crippen LogP contribution is 2.24. The van der Waals surface area contributed by atoms with Crippen LogP contribution in [-0.4, -0.2) is 21.0 Å². The fourth-order valence-corrected chi connectivity index (χ4v) is 1.61. The Morgan fingerprint density at radius 2 is 2.22 bits per heavy atom. The Morgan fingerprint density at radius 1 is 1.44 bits per heavy atom. The highest BCUT2D eigenvalue weighted by Gasteiger charge is 2.12. The summed E-state index contributed by atoms with van der Waals surface area (Å²) in [5.41, 5.74) is 1.66. The van der Waals surface area contributed by atoms with Crippen LogP contribution in [-0.2, 0) is 0 Å². The number of rotatable bonds is 3. The van der Waals surface area contributed by atoms with Gasteiger partial charge in [-0.3, -0.25) is 0 Å². The summed E-state index contributed by atoms with van der Waals surface area (Å²) in [5, 5.41) is 12.5. The summed E-state index contributed by atoms with van der Waals surface area (Å²) in [5.74, 6) is -0.847. The van der Waals surface area contributed by atoms with E-state index in [0.29, 0.717) is 10.7 Å². The fraction of sp³-hybridized carbons (Fsp3) is 0.0833. The van der Waals surface area contributed by atoms with Gasteiger partial charge >= 0.3 is 5.97 Å². The molecule has 0 aliphatic heterocycles. The number of carboxylic acids is 1. The van der Waals surface area contributed by atoms with Crippen LogP contribution in [0.2, 0.25) is 5.02 Å². The van der Waals surface area contributed by atoms with Gasteiger partial charge in [0.05, 0.1) is 0 Å². The minimum absolute atomic E-state index is 0.0110. The molecule has 0 bridgehead atoms. The Hall–Kier alpha value is -2.14. The minimum Gasteiger partial charge on any atom is -0.477 e. The molecular weight excluding hydrogens is 254 g/mol. The number of aromatic nitrogens is 2. The van der Waals surface area contributed by atoms with Gasteiger partial charge in [-0.1, -0.05) is 17.7 Å². The summed E-state index contributed by atoms with van der Waals surface area (Å²) >= 11 is 5.90. The molecule has 2 N–H and O–H groups in total. The second-order valence-electron chi connectivity index (χ2n) is 3.67. The third-order valence-corrected chi connectivity index (χ3v) is 2.63. The second kappa shape index (κ2) is 5.01. The lowest BCUT2D eigenvalue weighted by molar-refractivity contribution is 0.0697. The van der Waals surface area contributed by atoms with Crippen molar-refractivity contribution in [3.05, 3.63) is 46.9 Å². The van der Waals surface area contributed by atoms with E-state index >= 15 is 0 Å². The molecule has 1 aromatic carbocycles. The summed E-state index contributed by atoms with van der Waals surface area (Å²) in [4.78, 5) is 18.6. The van der Waals surface area contributed by atoms with E-state index < -0.39 is 5.97 Å². The van der Waals surface area contributed by atoms with Gasteiger partial charge in [0.25, 0.3) is 0 Å². The lowest BCUT2D eigenvalue weighted by Gasteiger charge is -2.10. The van der Waals surface area contributed by atoms with Crippen LogP contribution in [0.3, 0.4) is 0 Å². The van der Waals surface area contributed by atoms with Crippen molar-refractivity contribution < 1.29 is 9.90 Å². The molecule has 0 amide bonds. The third kappa shape index (κ3) is 2.57. The van der Waals surface area contributed by atoms with Crippen molar-refractivity contribution in [2.24, 2.45) is 0 Å². The Labute approximate surface area is 108 Å². The van der Waals surface area contributed by atoms with E-state index in [1.807, 2.05) is 13.0 Å². The molecule has 92 valence electrons. The Morgan fingerprint density at radius 3 is 2.94 bits per heavy atom. The average Bonchev–Trinajstić information content (AvgIpc) is 2.34. The highest BCUT2D eigenvalue weighted by atomic mass is 35.5. The predicted octanol–water partition coefficient (Wildman–Crippen LogP) is 2.88. The van der Waals surface area contributed by atoms with E-state index in [4.69, 9.17) is 16.7 Å². The van der Waals surface area contributed by atoms with Crippen LogP contribution in [0.4, 0.5) is 11.5 Å². The summed E-state index contributed by atoms with van der Waals surface area (Å²) in [7, 11) is 0.